The molecule has 12 heteroatoms. The molecule has 268 valence electrons. The first-order valence-corrected chi connectivity index (χ1v) is 17.9. The molecule has 0 aromatic heterocycles. The lowest BCUT2D eigenvalue weighted by Gasteiger charge is -2.28. The number of halogens is 2. The summed E-state index contributed by atoms with van der Waals surface area (Å²) in [5.41, 5.74) is 3.12. The van der Waals surface area contributed by atoms with Gasteiger partial charge in [0.15, 0.2) is 10.9 Å². The predicted octanol–water partition coefficient (Wildman–Crippen LogP) is 8.66. The number of carbonyl (C=O) groups excluding carboxylic acids is 3. The predicted molar refractivity (Wildman–Crippen MR) is 210 cm³/mol. The molecule has 5 rings (SSSR count). The second kappa shape index (κ2) is 18.2. The Bertz CT molecular complexity index is 2090. The number of carbonyl (C=O) groups is 4. The average molecular weight is 767 g/mol. The summed E-state index contributed by atoms with van der Waals surface area (Å²) in [5.74, 6) is -2.81. The number of nitrogens with zero attached hydrogens (tertiary/aromatic N) is 2. The van der Waals surface area contributed by atoms with Crippen LogP contribution in [-0.4, -0.2) is 44.6 Å². The van der Waals surface area contributed by atoms with Crippen molar-refractivity contribution in [3.05, 3.63) is 177 Å². The van der Waals surface area contributed by atoms with Gasteiger partial charge in [0, 0.05) is 5.70 Å². The molecule has 0 atom stereocenters. The molecule has 1 heterocycles. The fourth-order valence-electron chi connectivity index (χ4n) is 5.26. The Hall–Kier alpha value is -5.68. The fourth-order valence-corrected chi connectivity index (χ4v) is 6.68. The number of hydrogen-bond donors (Lipinski definition) is 2. The van der Waals surface area contributed by atoms with Crippen molar-refractivity contribution in [1.29, 1.82) is 0 Å². The summed E-state index contributed by atoms with van der Waals surface area (Å²) in [7, 11) is 0. The number of carboxylic acids is 1. The Morgan fingerprint density at radius 3 is 2.11 bits per heavy atom. The van der Waals surface area contributed by atoms with Crippen LogP contribution in [0.5, 0.6) is 5.75 Å². The van der Waals surface area contributed by atoms with Crippen LogP contribution in [0, 0.1) is 0 Å². The maximum Gasteiger partial charge on any atom is 0.335 e. The number of amidine groups is 1. The van der Waals surface area contributed by atoms with Crippen LogP contribution in [0.2, 0.25) is 10.0 Å². The maximum absolute atomic E-state index is 14.1. The second-order valence-electron chi connectivity index (χ2n) is 11.4. The summed E-state index contributed by atoms with van der Waals surface area (Å²) < 4.78 is 5.82. The summed E-state index contributed by atoms with van der Waals surface area (Å²) in [6, 6.07) is 27.8. The quantitative estimate of drug-likeness (QED) is 0.0793. The standard InChI is InChI=1S/C41H33Cl2N3O6S/c1-3-5-16-31(4-2)46-39(49)32(21-27-22-33(42)37(34(43)23-27)52-24-26-17-19-30(20-18-26)40(50)51)38(48)45-41(46)53-25-35(47)44-36(28-12-8-6-9-13-28)29-14-10-7-11-15-29/h3-23,36H,1,24-25H2,2H3,(H,44,47)(H,50,51)/b16-5-,31-4+,32-21+. The van der Waals surface area contributed by atoms with E-state index in [0.717, 1.165) is 22.9 Å². The van der Waals surface area contributed by atoms with Gasteiger partial charge in [-0.1, -0.05) is 133 Å². The molecule has 0 fully saturated rings. The Labute approximate surface area is 321 Å². The largest absolute Gasteiger partial charge is 0.486 e. The van der Waals surface area contributed by atoms with Gasteiger partial charge in [-0.3, -0.25) is 19.3 Å². The van der Waals surface area contributed by atoms with E-state index in [1.165, 1.54) is 35.2 Å². The van der Waals surface area contributed by atoms with Crippen molar-refractivity contribution in [2.45, 2.75) is 19.6 Å². The number of rotatable bonds is 13. The SMILES string of the molecule is C=C/C=C\C(=C/C)N1C(=O)/C(=C/c2cc(Cl)c(OCc3ccc(C(=O)O)cc3)c(Cl)c2)C(=O)N=C1SCC(=O)NC(c1ccccc1)c1ccccc1. The number of carboxylic acid groups (broad SMARTS) is 1. The minimum Gasteiger partial charge on any atom is -0.486 e. The van der Waals surface area contributed by atoms with Crippen LogP contribution >= 0.6 is 35.0 Å². The Morgan fingerprint density at radius 2 is 1.57 bits per heavy atom. The molecule has 3 amide bonds. The molecule has 2 N–H and O–H groups in total. The zero-order valence-corrected chi connectivity index (χ0v) is 30.7. The lowest BCUT2D eigenvalue weighted by Crippen LogP contribution is -2.42. The van der Waals surface area contributed by atoms with E-state index in [-0.39, 0.29) is 50.4 Å². The zero-order valence-electron chi connectivity index (χ0n) is 28.4. The second-order valence-corrected chi connectivity index (χ2v) is 13.2. The zero-order chi connectivity index (χ0) is 37.9. The Morgan fingerprint density at radius 1 is 0.962 bits per heavy atom. The van der Waals surface area contributed by atoms with Crippen molar-refractivity contribution in [2.24, 2.45) is 4.99 Å². The van der Waals surface area contributed by atoms with Crippen LogP contribution in [0.4, 0.5) is 0 Å². The highest BCUT2D eigenvalue weighted by Crippen LogP contribution is 2.36. The molecule has 0 saturated carbocycles. The van der Waals surface area contributed by atoms with Gasteiger partial charge in [-0.15, -0.1) is 0 Å². The van der Waals surface area contributed by atoms with Gasteiger partial charge in [-0.25, -0.2) is 4.79 Å². The van der Waals surface area contributed by atoms with Gasteiger partial charge in [0.25, 0.3) is 11.8 Å². The third-order valence-corrected chi connectivity index (χ3v) is 9.33. The van der Waals surface area contributed by atoms with E-state index >= 15 is 0 Å². The molecular weight excluding hydrogens is 733 g/mol. The minimum atomic E-state index is -1.04. The lowest BCUT2D eigenvalue weighted by molar-refractivity contribution is -0.126. The van der Waals surface area contributed by atoms with E-state index in [0.29, 0.717) is 16.8 Å². The first kappa shape index (κ1) is 38.5. The molecule has 9 nitrogen and oxygen atoms in total. The van der Waals surface area contributed by atoms with Gasteiger partial charge >= 0.3 is 5.97 Å². The van der Waals surface area contributed by atoms with Gasteiger partial charge in [-0.05, 0) is 65.6 Å². The molecule has 53 heavy (non-hydrogen) atoms. The molecule has 4 aromatic carbocycles. The number of allylic oxidation sites excluding steroid dienone is 4. The van der Waals surface area contributed by atoms with Gasteiger partial charge in [-0.2, -0.15) is 4.99 Å². The summed E-state index contributed by atoms with van der Waals surface area (Å²) in [4.78, 5) is 57.6. The number of aliphatic imine (C=N–C) groups is 1. The van der Waals surface area contributed by atoms with Crippen LogP contribution < -0.4 is 10.1 Å². The normalized spacial score (nSPS) is 14.1. The smallest absolute Gasteiger partial charge is 0.335 e. The molecule has 4 aromatic rings. The van der Waals surface area contributed by atoms with Crippen LogP contribution in [-0.2, 0) is 21.0 Å². The first-order valence-electron chi connectivity index (χ1n) is 16.2. The Balaban J connectivity index is 1.38. The molecule has 0 bridgehead atoms. The van der Waals surface area contributed by atoms with Crippen molar-refractivity contribution < 1.29 is 29.0 Å². The fraction of sp³-hybridized carbons (Fsp3) is 0.0976. The van der Waals surface area contributed by atoms with Crippen molar-refractivity contribution in [3.63, 3.8) is 0 Å². The van der Waals surface area contributed by atoms with Crippen LogP contribution in [0.3, 0.4) is 0 Å². The summed E-state index contributed by atoms with van der Waals surface area (Å²) in [5, 5.41) is 12.5. The first-order chi connectivity index (χ1) is 25.6. The monoisotopic (exact) mass is 765 g/mol. The van der Waals surface area contributed by atoms with Gasteiger partial charge in [0.05, 0.1) is 27.4 Å². The highest BCUT2D eigenvalue weighted by molar-refractivity contribution is 8.14. The van der Waals surface area contributed by atoms with Gasteiger partial charge in [0.1, 0.15) is 12.2 Å². The van der Waals surface area contributed by atoms with E-state index in [2.05, 4.69) is 16.9 Å². The number of thioether (sulfide) groups is 1. The Kier molecular flexibility index (Phi) is 13.2. The summed E-state index contributed by atoms with van der Waals surface area (Å²) >= 11 is 14.0. The number of nitrogens with one attached hydrogen (secondary N) is 1. The van der Waals surface area contributed by atoms with Crippen molar-refractivity contribution in [3.8, 4) is 5.75 Å². The van der Waals surface area contributed by atoms with Gasteiger partial charge < -0.3 is 15.2 Å². The van der Waals surface area contributed by atoms with E-state index in [4.69, 9.17) is 33.0 Å². The summed E-state index contributed by atoms with van der Waals surface area (Å²) in [6.07, 6.45) is 7.85. The maximum atomic E-state index is 14.1. The van der Waals surface area contributed by atoms with Crippen molar-refractivity contribution in [2.75, 3.05) is 5.75 Å². The molecule has 0 spiro atoms. The van der Waals surface area contributed by atoms with Gasteiger partial charge in [0.2, 0.25) is 5.91 Å². The van der Waals surface area contributed by atoms with Crippen LogP contribution in [0.1, 0.15) is 45.6 Å². The highest BCUT2D eigenvalue weighted by atomic mass is 35.5. The van der Waals surface area contributed by atoms with E-state index in [1.54, 1.807) is 43.4 Å². The van der Waals surface area contributed by atoms with Crippen LogP contribution in [0.15, 0.2) is 144 Å². The van der Waals surface area contributed by atoms with E-state index in [1.807, 2.05) is 60.7 Å². The molecule has 0 saturated heterocycles. The highest BCUT2D eigenvalue weighted by Gasteiger charge is 2.35. The summed E-state index contributed by atoms with van der Waals surface area (Å²) in [6.45, 7) is 5.49. The molecule has 1 aliphatic heterocycles. The number of hydrogen-bond acceptors (Lipinski definition) is 6. The average Bonchev–Trinajstić information content (AvgIpc) is 3.16. The molecule has 1 aliphatic rings. The number of amides is 3. The molecule has 0 aliphatic carbocycles. The number of benzene rings is 4. The van der Waals surface area contributed by atoms with E-state index in [9.17, 15) is 19.2 Å². The molecule has 0 unspecified atom stereocenters. The minimum absolute atomic E-state index is 0.0290. The third kappa shape index (κ3) is 9.81. The number of aromatic carboxylic acids is 1. The number of ether oxygens (including phenoxy) is 1. The molecule has 0 radical (unpaired) electrons. The van der Waals surface area contributed by atoms with E-state index < -0.39 is 23.8 Å². The van der Waals surface area contributed by atoms with Crippen LogP contribution in [0.25, 0.3) is 6.08 Å². The van der Waals surface area contributed by atoms with Crippen molar-refractivity contribution in [1.82, 2.24) is 10.2 Å². The molecular formula is C41H33Cl2N3O6S. The lowest BCUT2D eigenvalue weighted by atomic mass is 9.99. The topological polar surface area (TPSA) is 125 Å². The van der Waals surface area contributed by atoms with Crippen molar-refractivity contribution >= 4 is 69.9 Å². The third-order valence-electron chi connectivity index (χ3n) is 7.83.